The van der Waals surface area contributed by atoms with Crippen molar-refractivity contribution in [2.24, 2.45) is 0 Å². The van der Waals surface area contributed by atoms with Gasteiger partial charge in [-0.15, -0.1) is 0 Å². The van der Waals surface area contributed by atoms with Crippen LogP contribution < -0.4 is 5.46 Å². The monoisotopic (exact) mass is 331 g/mol. The lowest BCUT2D eigenvalue weighted by atomic mass is 9.73. The van der Waals surface area contributed by atoms with Gasteiger partial charge in [-0.1, -0.05) is 36.4 Å². The van der Waals surface area contributed by atoms with Gasteiger partial charge in [-0.05, 0) is 61.8 Å². The lowest BCUT2D eigenvalue weighted by molar-refractivity contribution is 0.00578. The molecule has 2 heterocycles. The molecule has 1 aliphatic rings. The molecule has 3 aromatic rings. The Morgan fingerprint density at radius 2 is 1.52 bits per heavy atom. The van der Waals surface area contributed by atoms with Crippen molar-refractivity contribution >= 4 is 23.4 Å². The molecule has 0 N–H and O–H groups in total. The molecule has 2 aromatic carbocycles. The Kier molecular flexibility index (Phi) is 3.71. The number of hydrogen-bond donors (Lipinski definition) is 0. The highest BCUT2D eigenvalue weighted by Gasteiger charge is 2.52. The van der Waals surface area contributed by atoms with Crippen LogP contribution in [0.1, 0.15) is 27.7 Å². The summed E-state index contributed by atoms with van der Waals surface area (Å²) in [7, 11) is -0.391. The fourth-order valence-electron chi connectivity index (χ4n) is 3.19. The molecule has 1 saturated heterocycles. The molecular weight excluding hydrogens is 309 g/mol. The third-order valence-electron chi connectivity index (χ3n) is 5.40. The third kappa shape index (κ3) is 2.76. The van der Waals surface area contributed by atoms with Crippen molar-refractivity contribution in [3.8, 4) is 11.1 Å². The predicted octanol–water partition coefficient (Wildman–Crippen LogP) is 4.20. The van der Waals surface area contributed by atoms with Crippen LogP contribution in [0.25, 0.3) is 21.9 Å². The van der Waals surface area contributed by atoms with Crippen LogP contribution in [-0.4, -0.2) is 23.3 Å². The van der Waals surface area contributed by atoms with E-state index in [-0.39, 0.29) is 11.2 Å². The van der Waals surface area contributed by atoms with E-state index in [9.17, 15) is 0 Å². The summed E-state index contributed by atoms with van der Waals surface area (Å²) < 4.78 is 12.6. The van der Waals surface area contributed by atoms with Crippen molar-refractivity contribution in [3.05, 3.63) is 60.9 Å². The molecule has 0 amide bonds. The van der Waals surface area contributed by atoms with Gasteiger partial charge in [0.1, 0.15) is 0 Å². The zero-order valence-corrected chi connectivity index (χ0v) is 15.1. The Labute approximate surface area is 149 Å². The zero-order chi connectivity index (χ0) is 17.7. The summed E-state index contributed by atoms with van der Waals surface area (Å²) in [5.74, 6) is 0. The quantitative estimate of drug-likeness (QED) is 0.660. The second kappa shape index (κ2) is 5.68. The number of nitrogens with zero attached hydrogens (tertiary/aromatic N) is 1. The summed E-state index contributed by atoms with van der Waals surface area (Å²) in [6.45, 7) is 8.33. The number of fused-ring (bicyclic) bond motifs is 1. The highest BCUT2D eigenvalue weighted by Crippen LogP contribution is 2.37. The van der Waals surface area contributed by atoms with Crippen molar-refractivity contribution in [1.29, 1.82) is 0 Å². The second-order valence-corrected chi connectivity index (χ2v) is 7.62. The summed E-state index contributed by atoms with van der Waals surface area (Å²) in [6.07, 6.45) is 3.72. The van der Waals surface area contributed by atoms with Crippen molar-refractivity contribution in [1.82, 2.24) is 4.98 Å². The summed E-state index contributed by atoms with van der Waals surface area (Å²) >= 11 is 0. The van der Waals surface area contributed by atoms with Crippen LogP contribution >= 0.6 is 0 Å². The van der Waals surface area contributed by atoms with E-state index in [1.807, 2.05) is 24.5 Å². The summed E-state index contributed by atoms with van der Waals surface area (Å²) in [4.78, 5) is 4.26. The summed E-state index contributed by atoms with van der Waals surface area (Å²) in [5, 5.41) is 2.25. The first-order chi connectivity index (χ1) is 11.9. The van der Waals surface area contributed by atoms with Gasteiger partial charge in [0.05, 0.1) is 11.2 Å². The molecule has 0 saturated carbocycles. The predicted molar refractivity (Wildman–Crippen MR) is 103 cm³/mol. The molecule has 0 atom stereocenters. The SMILES string of the molecule is CC1(C)OB(c2cc3ccncc3cc2-c2ccccc2)OC1(C)C. The fraction of sp³-hybridized carbons (Fsp3) is 0.286. The van der Waals surface area contributed by atoms with Gasteiger partial charge in [-0.2, -0.15) is 0 Å². The van der Waals surface area contributed by atoms with Gasteiger partial charge in [-0.25, -0.2) is 0 Å². The Balaban J connectivity index is 1.90. The van der Waals surface area contributed by atoms with Gasteiger partial charge in [-0.3, -0.25) is 4.98 Å². The van der Waals surface area contributed by atoms with Gasteiger partial charge in [0.2, 0.25) is 0 Å². The van der Waals surface area contributed by atoms with E-state index in [1.165, 1.54) is 0 Å². The van der Waals surface area contributed by atoms with Crippen molar-refractivity contribution in [2.45, 2.75) is 38.9 Å². The maximum absolute atomic E-state index is 6.32. The normalized spacial score (nSPS) is 18.6. The zero-order valence-electron chi connectivity index (χ0n) is 15.1. The van der Waals surface area contributed by atoms with E-state index in [4.69, 9.17) is 9.31 Å². The summed E-state index contributed by atoms with van der Waals surface area (Å²) in [5.41, 5.74) is 2.61. The molecule has 25 heavy (non-hydrogen) atoms. The molecule has 1 fully saturated rings. The molecule has 0 radical (unpaired) electrons. The molecule has 0 bridgehead atoms. The number of aromatic nitrogens is 1. The highest BCUT2D eigenvalue weighted by atomic mass is 16.7. The molecule has 126 valence electrons. The number of hydrogen-bond acceptors (Lipinski definition) is 3. The van der Waals surface area contributed by atoms with Crippen LogP contribution in [0.4, 0.5) is 0 Å². The Hall–Kier alpha value is -2.17. The smallest absolute Gasteiger partial charge is 0.399 e. The molecule has 0 unspecified atom stereocenters. The standard InChI is InChI=1S/C21H22BNO2/c1-20(2)21(3,4)25-22(24-20)19-13-16-10-11-23-14-17(16)12-18(19)15-8-6-5-7-9-15/h5-14H,1-4H3. The Bertz CT molecular complexity index is 906. The van der Waals surface area contributed by atoms with E-state index in [0.29, 0.717) is 0 Å². The fourth-order valence-corrected chi connectivity index (χ4v) is 3.19. The first-order valence-electron chi connectivity index (χ1n) is 8.66. The number of benzene rings is 2. The minimum Gasteiger partial charge on any atom is -0.399 e. The van der Waals surface area contributed by atoms with Gasteiger partial charge in [0.15, 0.2) is 0 Å². The molecule has 4 rings (SSSR count). The van der Waals surface area contributed by atoms with Crippen LogP contribution in [0, 0.1) is 0 Å². The minimum atomic E-state index is -0.391. The Morgan fingerprint density at radius 1 is 0.840 bits per heavy atom. The van der Waals surface area contributed by atoms with E-state index in [2.05, 4.69) is 69.1 Å². The average Bonchev–Trinajstić information content (AvgIpc) is 2.82. The van der Waals surface area contributed by atoms with E-state index in [0.717, 1.165) is 27.4 Å². The average molecular weight is 331 g/mol. The molecule has 1 aliphatic heterocycles. The van der Waals surface area contributed by atoms with Gasteiger partial charge >= 0.3 is 7.12 Å². The second-order valence-electron chi connectivity index (χ2n) is 7.62. The van der Waals surface area contributed by atoms with Crippen LogP contribution in [0.2, 0.25) is 0 Å². The molecule has 1 aromatic heterocycles. The number of rotatable bonds is 2. The van der Waals surface area contributed by atoms with E-state index < -0.39 is 7.12 Å². The van der Waals surface area contributed by atoms with Crippen LogP contribution in [-0.2, 0) is 9.31 Å². The molecule has 4 heteroatoms. The lowest BCUT2D eigenvalue weighted by Gasteiger charge is -2.32. The van der Waals surface area contributed by atoms with E-state index >= 15 is 0 Å². The third-order valence-corrected chi connectivity index (χ3v) is 5.40. The maximum atomic E-state index is 6.32. The molecular formula is C21H22BNO2. The topological polar surface area (TPSA) is 31.4 Å². The molecule has 0 aliphatic carbocycles. The first-order valence-corrected chi connectivity index (χ1v) is 8.66. The van der Waals surface area contributed by atoms with Crippen molar-refractivity contribution in [2.75, 3.05) is 0 Å². The van der Waals surface area contributed by atoms with E-state index in [1.54, 1.807) is 0 Å². The number of pyridine rings is 1. The van der Waals surface area contributed by atoms with Gasteiger partial charge < -0.3 is 9.31 Å². The van der Waals surface area contributed by atoms with Crippen molar-refractivity contribution in [3.63, 3.8) is 0 Å². The van der Waals surface area contributed by atoms with Crippen LogP contribution in [0.15, 0.2) is 60.9 Å². The molecule has 0 spiro atoms. The van der Waals surface area contributed by atoms with Crippen molar-refractivity contribution < 1.29 is 9.31 Å². The van der Waals surface area contributed by atoms with Crippen LogP contribution in [0.3, 0.4) is 0 Å². The highest BCUT2D eigenvalue weighted by molar-refractivity contribution is 6.64. The van der Waals surface area contributed by atoms with Gasteiger partial charge in [0.25, 0.3) is 0 Å². The maximum Gasteiger partial charge on any atom is 0.495 e. The molecule has 3 nitrogen and oxygen atoms in total. The minimum absolute atomic E-state index is 0.362. The van der Waals surface area contributed by atoms with Gasteiger partial charge in [0, 0.05) is 17.8 Å². The first kappa shape index (κ1) is 16.3. The lowest BCUT2D eigenvalue weighted by Crippen LogP contribution is -2.41. The Morgan fingerprint density at radius 3 is 2.20 bits per heavy atom. The largest absolute Gasteiger partial charge is 0.495 e. The summed E-state index contributed by atoms with van der Waals surface area (Å²) in [6, 6.07) is 16.7. The van der Waals surface area contributed by atoms with Crippen LogP contribution in [0.5, 0.6) is 0 Å².